The van der Waals surface area contributed by atoms with Crippen molar-refractivity contribution in [2.75, 3.05) is 18.0 Å². The average molecular weight is 418 g/mol. The number of H-pyrrole nitrogens is 1. The minimum absolute atomic E-state index is 0.104. The van der Waals surface area contributed by atoms with Crippen LogP contribution in [0.1, 0.15) is 12.8 Å². The minimum atomic E-state index is -0.182. The van der Waals surface area contributed by atoms with Crippen molar-refractivity contribution in [1.29, 1.82) is 0 Å². The third-order valence-corrected chi connectivity index (χ3v) is 5.78. The van der Waals surface area contributed by atoms with E-state index in [0.717, 1.165) is 37.2 Å². The highest BCUT2D eigenvalue weighted by molar-refractivity contribution is 5.74. The summed E-state index contributed by atoms with van der Waals surface area (Å²) in [5.41, 5.74) is 1.97. The topological polar surface area (TPSA) is 115 Å². The van der Waals surface area contributed by atoms with Gasteiger partial charge in [-0.1, -0.05) is 0 Å². The van der Waals surface area contributed by atoms with Crippen LogP contribution in [0.4, 0.5) is 5.95 Å². The zero-order valence-electron chi connectivity index (χ0n) is 17.1. The van der Waals surface area contributed by atoms with E-state index in [1.807, 2.05) is 12.1 Å². The summed E-state index contributed by atoms with van der Waals surface area (Å²) in [7, 11) is 1.77. The normalized spacial score (nSPS) is 14.9. The molecular weight excluding hydrogens is 396 g/mol. The second kappa shape index (κ2) is 7.78. The molecule has 0 spiro atoms. The number of fused-ring (bicyclic) bond motifs is 1. The van der Waals surface area contributed by atoms with Crippen molar-refractivity contribution >= 4 is 17.0 Å². The first-order valence-corrected chi connectivity index (χ1v) is 10.2. The van der Waals surface area contributed by atoms with Crippen LogP contribution in [0, 0.1) is 5.92 Å². The molecule has 4 aromatic heterocycles. The summed E-state index contributed by atoms with van der Waals surface area (Å²) in [5.74, 6) is 0.885. The molecule has 1 aliphatic rings. The monoisotopic (exact) mass is 418 g/mol. The Labute approximate surface area is 177 Å². The summed E-state index contributed by atoms with van der Waals surface area (Å²) >= 11 is 0. The lowest BCUT2D eigenvalue weighted by atomic mass is 9.97. The summed E-state index contributed by atoms with van der Waals surface area (Å²) in [5, 5.41) is 9.16. The number of hydrogen-bond donors (Lipinski definition) is 1. The lowest BCUT2D eigenvalue weighted by Gasteiger charge is -2.32. The van der Waals surface area contributed by atoms with E-state index in [0.29, 0.717) is 29.4 Å². The van der Waals surface area contributed by atoms with Gasteiger partial charge in [0.1, 0.15) is 5.39 Å². The molecule has 0 saturated carbocycles. The lowest BCUT2D eigenvalue weighted by molar-refractivity contribution is 0.334. The molecule has 5 rings (SSSR count). The molecule has 0 bridgehead atoms. The fourth-order valence-corrected chi connectivity index (χ4v) is 4.00. The van der Waals surface area contributed by atoms with E-state index >= 15 is 0 Å². The second-order valence-corrected chi connectivity index (χ2v) is 7.80. The molecule has 0 unspecified atom stereocenters. The number of nitrogens with one attached hydrogen (secondary N) is 1. The van der Waals surface area contributed by atoms with Crippen LogP contribution >= 0.6 is 0 Å². The molecule has 1 aliphatic heterocycles. The van der Waals surface area contributed by atoms with Gasteiger partial charge in [-0.15, -0.1) is 0 Å². The molecule has 0 atom stereocenters. The molecule has 0 radical (unpaired) electrons. The van der Waals surface area contributed by atoms with Crippen molar-refractivity contribution in [3.05, 3.63) is 63.6 Å². The maximum absolute atomic E-state index is 12.4. The first-order valence-electron chi connectivity index (χ1n) is 10.2. The zero-order chi connectivity index (χ0) is 21.4. The molecule has 1 fully saturated rings. The summed E-state index contributed by atoms with van der Waals surface area (Å²) < 4.78 is 3.16. The van der Waals surface area contributed by atoms with Crippen LogP contribution in [0.5, 0.6) is 0 Å². The number of aromatic nitrogens is 7. The van der Waals surface area contributed by atoms with Crippen LogP contribution in [0.25, 0.3) is 22.3 Å². The van der Waals surface area contributed by atoms with Crippen molar-refractivity contribution in [2.45, 2.75) is 19.4 Å². The van der Waals surface area contributed by atoms with Crippen LogP contribution in [0.3, 0.4) is 0 Å². The first kappa shape index (κ1) is 19.2. The molecule has 0 aromatic carbocycles. The smallest absolute Gasteiger partial charge is 0.266 e. The number of pyridine rings is 1. The maximum Gasteiger partial charge on any atom is 0.266 e. The quantitative estimate of drug-likeness (QED) is 0.529. The Morgan fingerprint density at radius 2 is 1.87 bits per heavy atom. The highest BCUT2D eigenvalue weighted by Gasteiger charge is 2.23. The molecule has 158 valence electrons. The molecule has 0 amide bonds. The third-order valence-electron chi connectivity index (χ3n) is 5.78. The van der Waals surface area contributed by atoms with Gasteiger partial charge >= 0.3 is 0 Å². The van der Waals surface area contributed by atoms with Crippen molar-refractivity contribution in [2.24, 2.45) is 13.0 Å². The number of piperidine rings is 1. The number of aromatic amines is 1. The van der Waals surface area contributed by atoms with E-state index < -0.39 is 0 Å². The van der Waals surface area contributed by atoms with Gasteiger partial charge in [-0.2, -0.15) is 15.2 Å². The predicted molar refractivity (Wildman–Crippen MR) is 116 cm³/mol. The second-order valence-electron chi connectivity index (χ2n) is 7.80. The number of hydrogen-bond acceptors (Lipinski definition) is 7. The maximum atomic E-state index is 12.4. The Kier molecular flexibility index (Phi) is 4.81. The van der Waals surface area contributed by atoms with Gasteiger partial charge in [0.25, 0.3) is 11.1 Å². The summed E-state index contributed by atoms with van der Waals surface area (Å²) in [6, 6.07) is 7.06. The van der Waals surface area contributed by atoms with Gasteiger partial charge in [-0.05, 0) is 37.0 Å². The largest absolute Gasteiger partial charge is 0.342 e. The van der Waals surface area contributed by atoms with E-state index in [4.69, 9.17) is 0 Å². The van der Waals surface area contributed by atoms with E-state index in [-0.39, 0.29) is 11.1 Å². The Morgan fingerprint density at radius 1 is 1.10 bits per heavy atom. The first-order chi connectivity index (χ1) is 15.1. The van der Waals surface area contributed by atoms with Crippen molar-refractivity contribution < 1.29 is 0 Å². The van der Waals surface area contributed by atoms with Crippen LogP contribution in [-0.4, -0.2) is 47.6 Å². The van der Waals surface area contributed by atoms with Gasteiger partial charge in [-0.3, -0.25) is 24.2 Å². The van der Waals surface area contributed by atoms with Gasteiger partial charge in [0, 0.05) is 50.7 Å². The number of anilines is 1. The van der Waals surface area contributed by atoms with E-state index in [2.05, 4.69) is 30.0 Å². The fourth-order valence-electron chi connectivity index (χ4n) is 4.00. The summed E-state index contributed by atoms with van der Waals surface area (Å²) in [6.45, 7) is 2.06. The van der Waals surface area contributed by atoms with Crippen LogP contribution in [0.15, 0.2) is 52.4 Å². The number of aryl methyl sites for hydroxylation is 1. The third kappa shape index (κ3) is 3.72. The van der Waals surface area contributed by atoms with E-state index in [1.54, 1.807) is 40.9 Å². The van der Waals surface area contributed by atoms with E-state index in [9.17, 15) is 9.59 Å². The number of nitrogens with zero attached hydrogens (tertiary/aromatic N) is 7. The Balaban J connectivity index is 1.30. The molecule has 10 nitrogen and oxygen atoms in total. The molecule has 31 heavy (non-hydrogen) atoms. The molecule has 4 aromatic rings. The highest BCUT2D eigenvalue weighted by atomic mass is 16.1. The number of rotatable bonds is 4. The van der Waals surface area contributed by atoms with Crippen LogP contribution in [0.2, 0.25) is 0 Å². The molecule has 0 aliphatic carbocycles. The van der Waals surface area contributed by atoms with Gasteiger partial charge in [0.15, 0.2) is 5.65 Å². The van der Waals surface area contributed by atoms with Crippen molar-refractivity contribution in [3.8, 4) is 11.3 Å². The minimum Gasteiger partial charge on any atom is -0.342 e. The summed E-state index contributed by atoms with van der Waals surface area (Å²) in [4.78, 5) is 38.2. The summed E-state index contributed by atoms with van der Waals surface area (Å²) in [6.07, 6.45) is 6.70. The fraction of sp³-hybridized carbons (Fsp3) is 0.333. The molecule has 1 N–H and O–H groups in total. The Hall–Kier alpha value is -3.82. The SMILES string of the molecule is Cn1ncc2c(=O)[nH]c(N3CCC(Cn4nc(-c5ccncc5)ccc4=O)CC3)nc21. The van der Waals surface area contributed by atoms with Crippen molar-refractivity contribution in [1.82, 2.24) is 34.5 Å². The van der Waals surface area contributed by atoms with Gasteiger partial charge in [-0.25, -0.2) is 4.68 Å². The average Bonchev–Trinajstić information content (AvgIpc) is 3.18. The van der Waals surface area contributed by atoms with Gasteiger partial charge in [0.2, 0.25) is 5.95 Å². The van der Waals surface area contributed by atoms with Crippen LogP contribution in [-0.2, 0) is 13.6 Å². The lowest BCUT2D eigenvalue weighted by Crippen LogP contribution is -2.38. The molecular formula is C21H22N8O2. The predicted octanol–water partition coefficient (Wildman–Crippen LogP) is 1.19. The molecule has 1 saturated heterocycles. The standard InChI is InChI=1S/C21H22N8O2/c1-27-19-16(12-23-27)20(31)25-21(24-19)28-10-6-14(7-11-28)13-29-18(30)3-2-17(26-29)15-4-8-22-9-5-15/h2-5,8-9,12,14H,6-7,10-11,13H2,1H3,(H,24,25,31). The van der Waals surface area contributed by atoms with Gasteiger partial charge in [0.05, 0.1) is 11.9 Å². The Morgan fingerprint density at radius 3 is 2.65 bits per heavy atom. The van der Waals surface area contributed by atoms with E-state index in [1.165, 1.54) is 6.20 Å². The van der Waals surface area contributed by atoms with Crippen molar-refractivity contribution in [3.63, 3.8) is 0 Å². The highest BCUT2D eigenvalue weighted by Crippen LogP contribution is 2.22. The zero-order valence-corrected chi connectivity index (χ0v) is 17.1. The molecule has 5 heterocycles. The molecule has 10 heteroatoms. The van der Waals surface area contributed by atoms with Crippen LogP contribution < -0.4 is 16.0 Å². The Bertz CT molecular complexity index is 1330. The van der Waals surface area contributed by atoms with Gasteiger partial charge < -0.3 is 4.90 Å².